The number of cyclic esters (lactones) is 1. The van der Waals surface area contributed by atoms with Gasteiger partial charge in [0.15, 0.2) is 0 Å². The average molecular weight is 401 g/mol. The fourth-order valence-electron chi connectivity index (χ4n) is 3.14. The van der Waals surface area contributed by atoms with Gasteiger partial charge in [-0.3, -0.25) is 4.79 Å². The van der Waals surface area contributed by atoms with E-state index in [4.69, 9.17) is 14.2 Å². The first-order valence-electron chi connectivity index (χ1n) is 9.92. The highest BCUT2D eigenvalue weighted by atomic mass is 16.6. The number of rotatable bonds is 8. The van der Waals surface area contributed by atoms with Crippen molar-refractivity contribution in [2.45, 2.75) is 85.1 Å². The van der Waals surface area contributed by atoms with Gasteiger partial charge in [-0.25, -0.2) is 14.5 Å². The van der Waals surface area contributed by atoms with Crippen LogP contribution in [0, 0.1) is 11.8 Å². The monoisotopic (exact) mass is 400 g/mol. The molecule has 1 rings (SSSR count). The van der Waals surface area contributed by atoms with Crippen LogP contribution in [0.15, 0.2) is 0 Å². The number of nitrogens with zero attached hydrogens (tertiary/aromatic N) is 1. The third-order valence-corrected chi connectivity index (χ3v) is 4.96. The second-order valence-corrected chi connectivity index (χ2v) is 8.69. The van der Waals surface area contributed by atoms with E-state index in [-0.39, 0.29) is 36.8 Å². The molecule has 162 valence electrons. The van der Waals surface area contributed by atoms with E-state index in [1.807, 2.05) is 27.7 Å². The topological polar surface area (TPSA) is 94.2 Å². The van der Waals surface area contributed by atoms with Crippen LogP contribution in [0.25, 0.3) is 0 Å². The fraction of sp³-hybridized carbons (Fsp3) is 0.850. The Morgan fingerprint density at radius 2 is 1.89 bits per heavy atom. The molecule has 0 unspecified atom stereocenters. The van der Waals surface area contributed by atoms with Crippen molar-refractivity contribution in [3.05, 3.63) is 0 Å². The molecule has 8 nitrogen and oxygen atoms in total. The van der Waals surface area contributed by atoms with Crippen molar-refractivity contribution < 1.29 is 28.6 Å². The molecule has 4 atom stereocenters. The van der Waals surface area contributed by atoms with E-state index in [2.05, 4.69) is 5.32 Å². The maximum atomic E-state index is 12.9. The summed E-state index contributed by atoms with van der Waals surface area (Å²) in [6.45, 7) is 13.4. The zero-order chi connectivity index (χ0) is 21.6. The number of amides is 3. The molecule has 0 aromatic heterocycles. The van der Waals surface area contributed by atoms with Crippen LogP contribution in [0.3, 0.4) is 0 Å². The van der Waals surface area contributed by atoms with Crippen LogP contribution >= 0.6 is 0 Å². The molecular weight excluding hydrogens is 364 g/mol. The van der Waals surface area contributed by atoms with E-state index in [1.54, 1.807) is 20.8 Å². The third-order valence-electron chi connectivity index (χ3n) is 4.96. The quantitative estimate of drug-likeness (QED) is 0.672. The molecule has 28 heavy (non-hydrogen) atoms. The van der Waals surface area contributed by atoms with E-state index in [9.17, 15) is 14.4 Å². The summed E-state index contributed by atoms with van der Waals surface area (Å²) in [7, 11) is 1.49. The first kappa shape index (κ1) is 24.2. The van der Waals surface area contributed by atoms with Gasteiger partial charge in [-0.1, -0.05) is 34.1 Å². The van der Waals surface area contributed by atoms with Gasteiger partial charge >= 0.3 is 12.2 Å². The minimum Gasteiger partial charge on any atom is -0.447 e. The second kappa shape index (κ2) is 10.1. The number of ether oxygens (including phenoxy) is 3. The summed E-state index contributed by atoms with van der Waals surface area (Å²) in [4.78, 5) is 38.4. The second-order valence-electron chi connectivity index (χ2n) is 8.69. The first-order chi connectivity index (χ1) is 12.9. The summed E-state index contributed by atoms with van der Waals surface area (Å²) in [5, 5.41) is 2.84. The molecule has 1 N–H and O–H groups in total. The highest BCUT2D eigenvalue weighted by Crippen LogP contribution is 2.23. The van der Waals surface area contributed by atoms with Crippen LogP contribution in [0.1, 0.15) is 61.3 Å². The highest BCUT2D eigenvalue weighted by Gasteiger charge is 2.41. The summed E-state index contributed by atoms with van der Waals surface area (Å²) < 4.78 is 16.0. The van der Waals surface area contributed by atoms with Crippen molar-refractivity contribution in [1.29, 1.82) is 0 Å². The van der Waals surface area contributed by atoms with Gasteiger partial charge in [0.05, 0.1) is 24.6 Å². The molecule has 0 saturated carbocycles. The minimum absolute atomic E-state index is 0.0386. The van der Waals surface area contributed by atoms with Crippen LogP contribution in [-0.4, -0.2) is 60.5 Å². The van der Waals surface area contributed by atoms with E-state index < -0.39 is 29.9 Å². The Balaban J connectivity index is 2.93. The molecular formula is C20H36N2O6. The van der Waals surface area contributed by atoms with Gasteiger partial charge in [-0.2, -0.15) is 0 Å². The molecule has 0 aromatic rings. The molecule has 1 aliphatic heterocycles. The number of carbonyl (C=O) groups excluding carboxylic acids is 3. The Morgan fingerprint density at radius 1 is 1.29 bits per heavy atom. The Hall–Kier alpha value is -1.83. The lowest BCUT2D eigenvalue weighted by Crippen LogP contribution is -2.52. The number of imide groups is 1. The number of methoxy groups -OCH3 is 1. The number of nitrogens with one attached hydrogen (secondary N) is 1. The maximum Gasteiger partial charge on any atom is 0.416 e. The molecule has 3 amide bonds. The Morgan fingerprint density at radius 3 is 2.36 bits per heavy atom. The molecule has 1 heterocycles. The number of alkyl carbamates (subject to hydrolysis) is 1. The number of hydrogen-bond donors (Lipinski definition) is 1. The highest BCUT2D eigenvalue weighted by molar-refractivity contribution is 5.93. The van der Waals surface area contributed by atoms with Crippen LogP contribution in [-0.2, 0) is 19.0 Å². The van der Waals surface area contributed by atoms with Crippen molar-refractivity contribution in [2.24, 2.45) is 11.8 Å². The average Bonchev–Trinajstić information content (AvgIpc) is 2.97. The fourth-order valence-corrected chi connectivity index (χ4v) is 3.14. The summed E-state index contributed by atoms with van der Waals surface area (Å²) in [5.41, 5.74) is -0.633. The Kier molecular flexibility index (Phi) is 8.73. The van der Waals surface area contributed by atoms with E-state index in [0.717, 1.165) is 6.42 Å². The zero-order valence-electron chi connectivity index (χ0n) is 18.4. The van der Waals surface area contributed by atoms with Gasteiger partial charge in [0.2, 0.25) is 5.91 Å². The van der Waals surface area contributed by atoms with Crippen molar-refractivity contribution >= 4 is 18.1 Å². The van der Waals surface area contributed by atoms with Gasteiger partial charge < -0.3 is 19.5 Å². The molecule has 0 radical (unpaired) electrons. The SMILES string of the molecule is CC[C@H](C)[C@H](NC(=O)OC(C)(C)C)[C@@H](CC(=O)N1C(=O)OC[C@@H]1C(C)C)OC. The molecule has 0 spiro atoms. The normalized spacial score (nSPS) is 20.5. The Bertz CT molecular complexity index is 557. The molecule has 0 bridgehead atoms. The van der Waals surface area contributed by atoms with Gasteiger partial charge in [0.1, 0.15) is 12.2 Å². The van der Waals surface area contributed by atoms with Gasteiger partial charge in [-0.05, 0) is 32.6 Å². The van der Waals surface area contributed by atoms with Gasteiger partial charge in [0.25, 0.3) is 0 Å². The van der Waals surface area contributed by atoms with E-state index in [0.29, 0.717) is 0 Å². The molecule has 0 aliphatic carbocycles. The lowest BCUT2D eigenvalue weighted by molar-refractivity contribution is -0.133. The lowest BCUT2D eigenvalue weighted by atomic mass is 9.92. The molecule has 8 heteroatoms. The first-order valence-corrected chi connectivity index (χ1v) is 9.92. The minimum atomic E-state index is -0.633. The van der Waals surface area contributed by atoms with E-state index in [1.165, 1.54) is 12.0 Å². The van der Waals surface area contributed by atoms with Crippen LogP contribution in [0.4, 0.5) is 9.59 Å². The van der Waals surface area contributed by atoms with Crippen molar-refractivity contribution in [3.63, 3.8) is 0 Å². The largest absolute Gasteiger partial charge is 0.447 e. The van der Waals surface area contributed by atoms with Crippen molar-refractivity contribution in [2.75, 3.05) is 13.7 Å². The standard InChI is InChI=1S/C20H36N2O6/c1-9-13(4)17(21-18(24)28-20(5,6)7)15(26-8)10-16(23)22-14(12(2)3)11-27-19(22)25/h12-15,17H,9-11H2,1-8H3,(H,21,24)/t13-,14+,15+,17-/m0/s1. The van der Waals surface area contributed by atoms with Crippen LogP contribution < -0.4 is 5.32 Å². The van der Waals surface area contributed by atoms with Crippen molar-refractivity contribution in [3.8, 4) is 0 Å². The zero-order valence-corrected chi connectivity index (χ0v) is 18.4. The Labute approximate surface area is 168 Å². The van der Waals surface area contributed by atoms with Crippen LogP contribution in [0.2, 0.25) is 0 Å². The lowest BCUT2D eigenvalue weighted by Gasteiger charge is -2.33. The molecule has 1 fully saturated rings. The summed E-state index contributed by atoms with van der Waals surface area (Å²) in [6.07, 6.45) is -1.06. The van der Waals surface area contributed by atoms with Gasteiger partial charge in [-0.15, -0.1) is 0 Å². The van der Waals surface area contributed by atoms with Gasteiger partial charge in [0, 0.05) is 7.11 Å². The van der Waals surface area contributed by atoms with Crippen LogP contribution in [0.5, 0.6) is 0 Å². The number of hydrogen-bond acceptors (Lipinski definition) is 6. The predicted molar refractivity (Wildman–Crippen MR) is 105 cm³/mol. The summed E-state index contributed by atoms with van der Waals surface area (Å²) in [6, 6.07) is -0.733. The number of carbonyl (C=O) groups is 3. The summed E-state index contributed by atoms with van der Waals surface area (Å²) in [5.74, 6) is -0.245. The third kappa shape index (κ3) is 6.65. The maximum absolute atomic E-state index is 12.9. The molecule has 1 aliphatic rings. The summed E-state index contributed by atoms with van der Waals surface area (Å²) >= 11 is 0. The molecule has 1 saturated heterocycles. The van der Waals surface area contributed by atoms with Crippen molar-refractivity contribution in [1.82, 2.24) is 10.2 Å². The smallest absolute Gasteiger partial charge is 0.416 e. The van der Waals surface area contributed by atoms with E-state index >= 15 is 0 Å². The predicted octanol–water partition coefficient (Wildman–Crippen LogP) is 3.33. The molecule has 0 aromatic carbocycles.